The van der Waals surface area contributed by atoms with Crippen LogP contribution in [0.3, 0.4) is 0 Å². The summed E-state index contributed by atoms with van der Waals surface area (Å²) in [6, 6.07) is 12.2. The molecule has 2 N–H and O–H groups in total. The van der Waals surface area contributed by atoms with E-state index >= 15 is 0 Å². The molecule has 0 aromatic heterocycles. The monoisotopic (exact) mass is 421 g/mol. The number of ether oxygens (including phenoxy) is 2. The number of para-hydroxylation sites is 1. The number of fused-ring (bicyclic) bond motifs is 2. The van der Waals surface area contributed by atoms with Crippen LogP contribution in [0, 0.1) is 0 Å². The summed E-state index contributed by atoms with van der Waals surface area (Å²) in [4.78, 5) is 37.0. The van der Waals surface area contributed by atoms with Crippen LogP contribution in [0.25, 0.3) is 0 Å². The number of hydrazone groups is 1. The van der Waals surface area contributed by atoms with Gasteiger partial charge < -0.3 is 19.9 Å². The number of carbonyl (C=O) groups is 3. The van der Waals surface area contributed by atoms with Gasteiger partial charge in [-0.1, -0.05) is 18.2 Å². The molecule has 1 spiro atoms. The highest BCUT2D eigenvalue weighted by Gasteiger charge is 2.57. The Bertz CT molecular complexity index is 1160. The summed E-state index contributed by atoms with van der Waals surface area (Å²) in [5, 5.41) is 17.2. The number of anilines is 1. The molecule has 2 amide bonds. The molecule has 0 aliphatic carbocycles. The van der Waals surface area contributed by atoms with Gasteiger partial charge in [-0.25, -0.2) is 9.80 Å². The van der Waals surface area contributed by atoms with Crippen LogP contribution in [-0.2, 0) is 19.9 Å². The molecule has 2 aliphatic heterocycles. The zero-order valence-corrected chi connectivity index (χ0v) is 16.8. The highest BCUT2D eigenvalue weighted by atomic mass is 16.5. The lowest BCUT2D eigenvalue weighted by molar-refractivity contribution is -0.140. The smallest absolute Gasteiger partial charge is 0.328 e. The summed E-state index contributed by atoms with van der Waals surface area (Å²) in [7, 11) is 3.03. The number of carboxylic acid groups (broad SMARTS) is 1. The predicted octanol–water partition coefficient (Wildman–Crippen LogP) is 2.13. The minimum Gasteiger partial charge on any atom is -0.493 e. The SMILES string of the molecule is COc1ccc(C2=NN(C(=O)/C=C/C(=O)O)[C@@]3(C2)C(=O)Nc2ccccc23)cc1OC. The van der Waals surface area contributed by atoms with Gasteiger partial charge in [0, 0.05) is 35.4 Å². The molecule has 2 aromatic carbocycles. The molecule has 2 aromatic rings. The van der Waals surface area contributed by atoms with Crippen molar-refractivity contribution in [3.05, 3.63) is 65.7 Å². The van der Waals surface area contributed by atoms with Crippen molar-refractivity contribution in [2.75, 3.05) is 19.5 Å². The Morgan fingerprint density at radius 3 is 2.58 bits per heavy atom. The number of carboxylic acids is 1. The van der Waals surface area contributed by atoms with Crippen LogP contribution in [0.4, 0.5) is 5.69 Å². The van der Waals surface area contributed by atoms with Crippen molar-refractivity contribution >= 4 is 29.2 Å². The number of hydrogen-bond donors (Lipinski definition) is 2. The Hall–Kier alpha value is -4.14. The summed E-state index contributed by atoms with van der Waals surface area (Å²) in [6.45, 7) is 0. The fraction of sp³-hybridized carbons (Fsp3) is 0.182. The maximum atomic E-state index is 13.1. The van der Waals surface area contributed by atoms with Crippen LogP contribution < -0.4 is 14.8 Å². The van der Waals surface area contributed by atoms with Crippen LogP contribution in [-0.4, -0.2) is 47.8 Å². The second kappa shape index (κ2) is 7.60. The summed E-state index contributed by atoms with van der Waals surface area (Å²) >= 11 is 0. The van der Waals surface area contributed by atoms with Crippen LogP contribution in [0.2, 0.25) is 0 Å². The Morgan fingerprint density at radius 1 is 1.13 bits per heavy atom. The number of hydrogen-bond acceptors (Lipinski definition) is 6. The van der Waals surface area contributed by atoms with Crippen molar-refractivity contribution in [3.8, 4) is 11.5 Å². The van der Waals surface area contributed by atoms with Crippen molar-refractivity contribution in [1.82, 2.24) is 5.01 Å². The fourth-order valence-electron chi connectivity index (χ4n) is 3.87. The highest BCUT2D eigenvalue weighted by Crippen LogP contribution is 2.47. The Balaban J connectivity index is 1.83. The van der Waals surface area contributed by atoms with Gasteiger partial charge in [0.1, 0.15) is 0 Å². The fourth-order valence-corrected chi connectivity index (χ4v) is 3.87. The van der Waals surface area contributed by atoms with Crippen molar-refractivity contribution in [1.29, 1.82) is 0 Å². The van der Waals surface area contributed by atoms with E-state index in [0.29, 0.717) is 34.0 Å². The van der Waals surface area contributed by atoms with Gasteiger partial charge in [-0.3, -0.25) is 9.59 Å². The maximum absolute atomic E-state index is 13.1. The maximum Gasteiger partial charge on any atom is 0.328 e. The molecule has 0 saturated heterocycles. The number of methoxy groups -OCH3 is 2. The molecule has 4 rings (SSSR count). The number of amides is 2. The minimum atomic E-state index is -1.42. The van der Waals surface area contributed by atoms with Crippen molar-refractivity contribution in [3.63, 3.8) is 0 Å². The van der Waals surface area contributed by atoms with E-state index in [0.717, 1.165) is 17.2 Å². The van der Waals surface area contributed by atoms with Gasteiger partial charge in [0.05, 0.1) is 19.9 Å². The third-order valence-electron chi connectivity index (χ3n) is 5.30. The minimum absolute atomic E-state index is 0.109. The quantitative estimate of drug-likeness (QED) is 0.715. The molecule has 9 nitrogen and oxygen atoms in total. The lowest BCUT2D eigenvalue weighted by Gasteiger charge is -2.29. The summed E-state index contributed by atoms with van der Waals surface area (Å²) in [5.74, 6) is -1.40. The van der Waals surface area contributed by atoms with E-state index in [9.17, 15) is 14.4 Å². The standard InChI is InChI=1S/C22H19N3O6/c1-30-17-8-7-13(11-18(17)31-2)16-12-22(25(24-16)19(26)9-10-20(27)28)14-5-3-4-6-15(14)23-21(22)29/h3-11H,12H2,1-2H3,(H,23,29)(H,27,28)/b10-9+/t22-/m1/s1. The van der Waals surface area contributed by atoms with Gasteiger partial charge in [-0.15, -0.1) is 0 Å². The number of carbonyl (C=O) groups excluding carboxylic acids is 2. The molecule has 0 radical (unpaired) electrons. The third kappa shape index (κ3) is 3.20. The number of rotatable bonds is 5. The van der Waals surface area contributed by atoms with Gasteiger partial charge in [-0.05, 0) is 24.3 Å². The average Bonchev–Trinajstić information content (AvgIpc) is 3.31. The first-order chi connectivity index (χ1) is 14.9. The van der Waals surface area contributed by atoms with Crippen molar-refractivity contribution < 1.29 is 29.0 Å². The number of aliphatic carboxylic acids is 1. The molecule has 158 valence electrons. The number of nitrogens with one attached hydrogen (secondary N) is 1. The van der Waals surface area contributed by atoms with Crippen molar-refractivity contribution in [2.45, 2.75) is 12.0 Å². The van der Waals surface area contributed by atoms with Crippen LogP contribution >= 0.6 is 0 Å². The third-order valence-corrected chi connectivity index (χ3v) is 5.30. The molecule has 2 aliphatic rings. The van der Waals surface area contributed by atoms with Crippen molar-refractivity contribution in [2.24, 2.45) is 5.10 Å². The van der Waals surface area contributed by atoms with Gasteiger partial charge in [0.25, 0.3) is 11.8 Å². The summed E-state index contributed by atoms with van der Waals surface area (Å²) in [5.41, 5.74) is 0.878. The van der Waals surface area contributed by atoms with Gasteiger partial charge in [0.15, 0.2) is 17.0 Å². The lowest BCUT2D eigenvalue weighted by atomic mass is 9.85. The Morgan fingerprint density at radius 2 is 1.87 bits per heavy atom. The van der Waals surface area contributed by atoms with E-state index in [1.807, 2.05) is 0 Å². The normalized spacial score (nSPS) is 19.4. The number of benzene rings is 2. The van der Waals surface area contributed by atoms with E-state index in [2.05, 4.69) is 10.4 Å². The van der Waals surface area contributed by atoms with E-state index < -0.39 is 23.3 Å². The average molecular weight is 421 g/mol. The topological polar surface area (TPSA) is 118 Å². The molecule has 9 heteroatoms. The largest absolute Gasteiger partial charge is 0.493 e. The Labute approximate surface area is 177 Å². The van der Waals surface area contributed by atoms with Crippen LogP contribution in [0.5, 0.6) is 11.5 Å². The summed E-state index contributed by atoms with van der Waals surface area (Å²) in [6.07, 6.45) is 1.72. The van der Waals surface area contributed by atoms with Gasteiger partial charge >= 0.3 is 5.97 Å². The van der Waals surface area contributed by atoms with E-state index in [4.69, 9.17) is 14.6 Å². The molecular weight excluding hydrogens is 402 g/mol. The first-order valence-electron chi connectivity index (χ1n) is 9.36. The zero-order chi connectivity index (χ0) is 22.2. The Kier molecular flexibility index (Phi) is 4.94. The molecule has 31 heavy (non-hydrogen) atoms. The van der Waals surface area contributed by atoms with E-state index in [-0.39, 0.29) is 6.42 Å². The van der Waals surface area contributed by atoms with Crippen LogP contribution in [0.15, 0.2) is 59.7 Å². The molecule has 0 bridgehead atoms. The first-order valence-corrected chi connectivity index (χ1v) is 9.36. The first kappa shape index (κ1) is 20.1. The van der Waals surface area contributed by atoms with Gasteiger partial charge in [-0.2, -0.15) is 5.10 Å². The molecule has 1 atom stereocenters. The molecular formula is C22H19N3O6. The molecule has 0 fully saturated rings. The number of nitrogens with zero attached hydrogens (tertiary/aromatic N) is 2. The summed E-state index contributed by atoms with van der Waals surface area (Å²) < 4.78 is 10.6. The second-order valence-electron chi connectivity index (χ2n) is 6.97. The molecule has 0 unspecified atom stereocenters. The lowest BCUT2D eigenvalue weighted by Crippen LogP contribution is -2.48. The van der Waals surface area contributed by atoms with E-state index in [1.165, 1.54) is 14.2 Å². The van der Waals surface area contributed by atoms with E-state index in [1.54, 1.807) is 42.5 Å². The zero-order valence-electron chi connectivity index (χ0n) is 16.8. The molecule has 2 heterocycles. The second-order valence-corrected chi connectivity index (χ2v) is 6.97. The van der Waals surface area contributed by atoms with Crippen LogP contribution in [0.1, 0.15) is 17.5 Å². The van der Waals surface area contributed by atoms with Gasteiger partial charge in [0.2, 0.25) is 0 Å². The highest BCUT2D eigenvalue weighted by molar-refractivity contribution is 6.16. The molecule has 0 saturated carbocycles. The predicted molar refractivity (Wildman–Crippen MR) is 111 cm³/mol.